The van der Waals surface area contributed by atoms with Crippen LogP contribution >= 0.6 is 0 Å². The predicted octanol–water partition coefficient (Wildman–Crippen LogP) is 2.78. The number of hydrogen-bond donors (Lipinski definition) is 3. The molecule has 0 spiro atoms. The van der Waals surface area contributed by atoms with Gasteiger partial charge in [0, 0.05) is 17.3 Å². The van der Waals surface area contributed by atoms with Gasteiger partial charge in [0.05, 0.1) is 6.10 Å². The topological polar surface area (TPSA) is 91.4 Å². The second kappa shape index (κ2) is 6.97. The number of aromatic amines is 1. The van der Waals surface area contributed by atoms with Gasteiger partial charge in [0.15, 0.2) is 6.61 Å². The van der Waals surface area contributed by atoms with Crippen molar-refractivity contribution in [1.29, 1.82) is 0 Å². The van der Waals surface area contributed by atoms with Crippen LogP contribution in [0, 0.1) is 37.5 Å². The molecule has 148 valence electrons. The number of hydrogen-bond acceptors (Lipinski definition) is 4. The Kier molecular flexibility index (Phi) is 4.78. The van der Waals surface area contributed by atoms with Crippen LogP contribution in [0.3, 0.4) is 0 Å². The predicted molar refractivity (Wildman–Crippen MR) is 100 cm³/mol. The van der Waals surface area contributed by atoms with Gasteiger partial charge in [-0.15, -0.1) is 0 Å². The summed E-state index contributed by atoms with van der Waals surface area (Å²) in [7, 11) is 0. The fourth-order valence-electron chi connectivity index (χ4n) is 6.19. The highest BCUT2D eigenvalue weighted by molar-refractivity contribution is 5.91. The van der Waals surface area contributed by atoms with Gasteiger partial charge in [-0.3, -0.25) is 4.79 Å². The summed E-state index contributed by atoms with van der Waals surface area (Å²) < 4.78 is 5.25. The Morgan fingerprint density at radius 1 is 1.15 bits per heavy atom. The number of aliphatic hydroxyl groups is 1. The molecule has 0 radical (unpaired) electrons. The molecule has 6 heteroatoms. The molecule has 4 fully saturated rings. The molecule has 27 heavy (non-hydrogen) atoms. The van der Waals surface area contributed by atoms with Crippen molar-refractivity contribution < 1.29 is 19.4 Å². The molecule has 1 aromatic rings. The van der Waals surface area contributed by atoms with E-state index in [-0.39, 0.29) is 18.6 Å². The molecule has 0 saturated heterocycles. The third-order valence-electron chi connectivity index (χ3n) is 7.01. The second-order valence-corrected chi connectivity index (χ2v) is 8.94. The Bertz CT molecular complexity index is 724. The molecule has 1 aromatic heterocycles. The van der Waals surface area contributed by atoms with E-state index in [1.807, 2.05) is 6.92 Å². The molecule has 5 rings (SSSR count). The van der Waals surface area contributed by atoms with Gasteiger partial charge < -0.3 is 20.1 Å². The normalized spacial score (nSPS) is 32.4. The van der Waals surface area contributed by atoms with Crippen molar-refractivity contribution in [1.82, 2.24) is 10.3 Å². The smallest absolute Gasteiger partial charge is 0.355 e. The number of aryl methyl sites for hydroxylation is 1. The van der Waals surface area contributed by atoms with Crippen LogP contribution in [0.25, 0.3) is 0 Å². The highest BCUT2D eigenvalue weighted by Gasteiger charge is 2.48. The summed E-state index contributed by atoms with van der Waals surface area (Å²) in [5, 5.41) is 13.0. The molecular weight excluding hydrogens is 344 g/mol. The number of carbonyl (C=O) groups is 2. The van der Waals surface area contributed by atoms with E-state index in [0.29, 0.717) is 28.7 Å². The van der Waals surface area contributed by atoms with Crippen molar-refractivity contribution in [3.8, 4) is 0 Å². The summed E-state index contributed by atoms with van der Waals surface area (Å²) in [4.78, 5) is 27.8. The average molecular weight is 374 g/mol. The lowest BCUT2D eigenvalue weighted by Crippen LogP contribution is -2.56. The Balaban J connectivity index is 1.33. The van der Waals surface area contributed by atoms with Crippen LogP contribution in [0.1, 0.15) is 72.4 Å². The first-order chi connectivity index (χ1) is 12.8. The molecule has 4 bridgehead atoms. The minimum absolute atomic E-state index is 0.211. The van der Waals surface area contributed by atoms with E-state index in [4.69, 9.17) is 4.74 Å². The van der Waals surface area contributed by atoms with Crippen molar-refractivity contribution in [2.24, 2.45) is 23.7 Å². The van der Waals surface area contributed by atoms with Crippen LogP contribution in [-0.2, 0) is 9.53 Å². The number of esters is 1. The van der Waals surface area contributed by atoms with E-state index in [0.717, 1.165) is 17.5 Å². The zero-order chi connectivity index (χ0) is 19.3. The molecule has 4 aliphatic carbocycles. The first-order valence-electron chi connectivity index (χ1n) is 10.2. The minimum atomic E-state index is -0.664. The molecule has 3 N–H and O–H groups in total. The number of carbonyl (C=O) groups excluding carboxylic acids is 2. The van der Waals surface area contributed by atoms with E-state index < -0.39 is 12.1 Å². The van der Waals surface area contributed by atoms with Gasteiger partial charge >= 0.3 is 5.97 Å². The first-order valence-corrected chi connectivity index (χ1v) is 10.2. The Morgan fingerprint density at radius 3 is 2.26 bits per heavy atom. The monoisotopic (exact) mass is 374 g/mol. The van der Waals surface area contributed by atoms with Crippen LogP contribution in [0.5, 0.6) is 0 Å². The standard InChI is InChI=1S/C21H30N2O4/c1-10-18(12(3)24)11(2)22-19(10)21(26)27-9-17(25)23-20-15-5-13-4-14(7-15)8-16(20)6-13/h12-16,20,22,24H,4-9H2,1-3H3,(H,23,25)/t12-,13?,14?,15?,16?,20?/m0/s1. The highest BCUT2D eigenvalue weighted by atomic mass is 16.5. The van der Waals surface area contributed by atoms with Gasteiger partial charge in [-0.05, 0) is 82.1 Å². The Hall–Kier alpha value is -1.82. The first kappa shape index (κ1) is 18.5. The van der Waals surface area contributed by atoms with Gasteiger partial charge in [-0.1, -0.05) is 0 Å². The van der Waals surface area contributed by atoms with Crippen LogP contribution in [0.2, 0.25) is 0 Å². The number of ether oxygens (including phenoxy) is 1. The molecular formula is C21H30N2O4. The molecule has 4 aliphatic rings. The van der Waals surface area contributed by atoms with E-state index in [1.165, 1.54) is 32.1 Å². The third-order valence-corrected chi connectivity index (χ3v) is 7.01. The molecule has 6 nitrogen and oxygen atoms in total. The number of H-pyrrole nitrogens is 1. The maximum Gasteiger partial charge on any atom is 0.355 e. The van der Waals surface area contributed by atoms with Crippen LogP contribution in [0.15, 0.2) is 0 Å². The molecule has 0 aliphatic heterocycles. The number of nitrogens with one attached hydrogen (secondary N) is 2. The van der Waals surface area contributed by atoms with Crippen LogP contribution < -0.4 is 5.32 Å². The largest absolute Gasteiger partial charge is 0.451 e. The Labute approximate surface area is 160 Å². The van der Waals surface area contributed by atoms with E-state index in [9.17, 15) is 14.7 Å². The average Bonchev–Trinajstić information content (AvgIpc) is 2.90. The fraction of sp³-hybridized carbons (Fsp3) is 0.714. The van der Waals surface area contributed by atoms with Crippen LogP contribution in [-0.4, -0.2) is 34.6 Å². The molecule has 4 saturated carbocycles. The summed E-state index contributed by atoms with van der Waals surface area (Å²) >= 11 is 0. The van der Waals surface area contributed by atoms with Crippen molar-refractivity contribution in [3.63, 3.8) is 0 Å². The number of aliphatic hydroxyl groups excluding tert-OH is 1. The highest BCUT2D eigenvalue weighted by Crippen LogP contribution is 2.53. The van der Waals surface area contributed by atoms with Gasteiger partial charge in [0.1, 0.15) is 5.69 Å². The molecule has 1 heterocycles. The molecule has 1 atom stereocenters. The third kappa shape index (κ3) is 3.40. The lowest BCUT2D eigenvalue weighted by molar-refractivity contribution is -0.128. The SMILES string of the molecule is Cc1[nH]c(C(=O)OCC(=O)NC2C3CC4CC(C3)CC2C4)c(C)c1[C@H](C)O. The second-order valence-electron chi connectivity index (χ2n) is 8.94. The van der Waals surface area contributed by atoms with Gasteiger partial charge in [0.25, 0.3) is 5.91 Å². The van der Waals surface area contributed by atoms with Crippen molar-refractivity contribution in [2.45, 2.75) is 65.0 Å². The lowest BCUT2D eigenvalue weighted by Gasteiger charge is -2.54. The van der Waals surface area contributed by atoms with Gasteiger partial charge in [0.2, 0.25) is 0 Å². The van der Waals surface area contributed by atoms with Crippen molar-refractivity contribution in [2.75, 3.05) is 6.61 Å². The molecule has 0 aromatic carbocycles. The number of rotatable bonds is 5. The summed E-state index contributed by atoms with van der Waals surface area (Å²) in [6.07, 6.45) is 5.67. The van der Waals surface area contributed by atoms with E-state index >= 15 is 0 Å². The summed E-state index contributed by atoms with van der Waals surface area (Å²) in [6, 6.07) is 0.250. The maximum atomic E-state index is 12.4. The number of amides is 1. The Morgan fingerprint density at radius 2 is 1.74 bits per heavy atom. The molecule has 1 amide bonds. The zero-order valence-corrected chi connectivity index (χ0v) is 16.4. The minimum Gasteiger partial charge on any atom is -0.451 e. The van der Waals surface area contributed by atoms with Gasteiger partial charge in [-0.25, -0.2) is 4.79 Å². The van der Waals surface area contributed by atoms with E-state index in [2.05, 4.69) is 10.3 Å². The lowest BCUT2D eigenvalue weighted by atomic mass is 9.54. The van der Waals surface area contributed by atoms with Crippen LogP contribution in [0.4, 0.5) is 0 Å². The fourth-order valence-corrected chi connectivity index (χ4v) is 6.19. The quantitative estimate of drug-likeness (QED) is 0.691. The van der Waals surface area contributed by atoms with Gasteiger partial charge in [-0.2, -0.15) is 0 Å². The number of aromatic nitrogens is 1. The van der Waals surface area contributed by atoms with E-state index in [1.54, 1.807) is 13.8 Å². The zero-order valence-electron chi connectivity index (χ0n) is 16.4. The summed E-state index contributed by atoms with van der Waals surface area (Å²) in [6.45, 7) is 4.99. The summed E-state index contributed by atoms with van der Waals surface area (Å²) in [5.74, 6) is 2.16. The maximum absolute atomic E-state index is 12.4. The molecule has 0 unspecified atom stereocenters. The van der Waals surface area contributed by atoms with Crippen molar-refractivity contribution in [3.05, 3.63) is 22.5 Å². The van der Waals surface area contributed by atoms with Crippen molar-refractivity contribution >= 4 is 11.9 Å². The summed E-state index contributed by atoms with van der Waals surface area (Å²) in [5.41, 5.74) is 2.44.